The fourth-order valence-electron chi connectivity index (χ4n) is 1.32. The zero-order valence-electron chi connectivity index (χ0n) is 9.09. The second kappa shape index (κ2) is 3.82. The van der Waals surface area contributed by atoms with Gasteiger partial charge in [-0.25, -0.2) is 0 Å². The molecule has 0 saturated heterocycles. The lowest BCUT2D eigenvalue weighted by molar-refractivity contribution is 0.0939. The maximum atomic E-state index is 11.6. The summed E-state index contributed by atoms with van der Waals surface area (Å²) in [5, 5.41) is 9.56. The molecule has 1 aromatic carbocycles. The zero-order valence-corrected chi connectivity index (χ0v) is 9.09. The minimum absolute atomic E-state index is 0.0310. The van der Waals surface area contributed by atoms with Crippen molar-refractivity contribution in [3.8, 4) is 5.75 Å². The van der Waals surface area contributed by atoms with Crippen LogP contribution in [-0.4, -0.2) is 10.9 Å². The van der Waals surface area contributed by atoms with Gasteiger partial charge in [-0.05, 0) is 37.1 Å². The summed E-state index contributed by atoms with van der Waals surface area (Å²) in [6.07, 6.45) is 0. The van der Waals surface area contributed by atoms with Crippen LogP contribution in [0.4, 0.5) is 0 Å². The third kappa shape index (κ3) is 1.95. The molecule has 76 valence electrons. The van der Waals surface area contributed by atoms with E-state index in [-0.39, 0.29) is 17.5 Å². The number of phenolic OH excluding ortho intramolecular Hbond substituents is 1. The van der Waals surface area contributed by atoms with Crippen molar-refractivity contribution in [2.75, 3.05) is 0 Å². The second-order valence-corrected chi connectivity index (χ2v) is 3.96. The molecule has 2 nitrogen and oxygen atoms in total. The van der Waals surface area contributed by atoms with Crippen molar-refractivity contribution in [1.29, 1.82) is 0 Å². The van der Waals surface area contributed by atoms with Crippen molar-refractivity contribution >= 4 is 5.78 Å². The van der Waals surface area contributed by atoms with Crippen LogP contribution < -0.4 is 0 Å². The summed E-state index contributed by atoms with van der Waals surface area (Å²) >= 11 is 0. The van der Waals surface area contributed by atoms with Gasteiger partial charge in [0.05, 0.1) is 0 Å². The van der Waals surface area contributed by atoms with E-state index in [1.165, 1.54) is 0 Å². The first-order valence-electron chi connectivity index (χ1n) is 4.78. The van der Waals surface area contributed by atoms with E-state index >= 15 is 0 Å². The first-order chi connectivity index (χ1) is 6.43. The maximum absolute atomic E-state index is 11.6. The number of phenols is 1. The number of carbonyl (C=O) groups is 1. The zero-order chi connectivity index (χ0) is 10.9. The van der Waals surface area contributed by atoms with Gasteiger partial charge < -0.3 is 5.11 Å². The highest BCUT2D eigenvalue weighted by atomic mass is 16.3. The van der Waals surface area contributed by atoms with Crippen LogP contribution in [0.15, 0.2) is 12.1 Å². The molecule has 0 atom stereocenters. The predicted octanol–water partition coefficient (Wildman–Crippen LogP) is 2.85. The molecule has 0 aromatic heterocycles. The van der Waals surface area contributed by atoms with E-state index < -0.39 is 0 Å². The number of aryl methyl sites for hydroxylation is 1. The van der Waals surface area contributed by atoms with Crippen LogP contribution >= 0.6 is 0 Å². The molecule has 0 fully saturated rings. The Bertz CT molecular complexity index is 342. The molecular weight excluding hydrogens is 176 g/mol. The van der Waals surface area contributed by atoms with Crippen LogP contribution in [-0.2, 0) is 0 Å². The fourth-order valence-corrected chi connectivity index (χ4v) is 1.32. The molecule has 0 aliphatic heterocycles. The smallest absolute Gasteiger partial charge is 0.165 e. The van der Waals surface area contributed by atoms with Crippen LogP contribution in [0.5, 0.6) is 5.75 Å². The number of carbonyl (C=O) groups excluding carboxylic acids is 1. The Morgan fingerprint density at radius 1 is 1.29 bits per heavy atom. The third-order valence-corrected chi connectivity index (χ3v) is 2.45. The average Bonchev–Trinajstić information content (AvgIpc) is 2.12. The molecule has 0 spiro atoms. The second-order valence-electron chi connectivity index (χ2n) is 3.96. The van der Waals surface area contributed by atoms with Crippen LogP contribution in [0.25, 0.3) is 0 Å². The Morgan fingerprint density at radius 3 is 2.29 bits per heavy atom. The lowest BCUT2D eigenvalue weighted by Crippen LogP contribution is -2.07. The quantitative estimate of drug-likeness (QED) is 0.731. The SMILES string of the molecule is Cc1cc(C(=O)C(C)C)cc(O)c1C. The molecule has 1 aromatic rings. The maximum Gasteiger partial charge on any atom is 0.165 e. The molecule has 1 N–H and O–H groups in total. The molecule has 0 unspecified atom stereocenters. The highest BCUT2D eigenvalue weighted by Gasteiger charge is 2.12. The first-order valence-corrected chi connectivity index (χ1v) is 4.78. The van der Waals surface area contributed by atoms with Gasteiger partial charge in [0.15, 0.2) is 5.78 Å². The standard InChI is InChI=1S/C12H16O2/c1-7(2)12(14)10-5-8(3)9(4)11(13)6-10/h5-7,13H,1-4H3. The topological polar surface area (TPSA) is 37.3 Å². The van der Waals surface area contributed by atoms with Crippen molar-refractivity contribution in [2.45, 2.75) is 27.7 Å². The Hall–Kier alpha value is -1.31. The van der Waals surface area contributed by atoms with Crippen molar-refractivity contribution in [2.24, 2.45) is 5.92 Å². The van der Waals surface area contributed by atoms with Gasteiger partial charge in [0.25, 0.3) is 0 Å². The molecule has 0 amide bonds. The van der Waals surface area contributed by atoms with Crippen molar-refractivity contribution in [3.63, 3.8) is 0 Å². The van der Waals surface area contributed by atoms with Crippen LogP contribution in [0, 0.1) is 19.8 Å². The van der Waals surface area contributed by atoms with E-state index in [4.69, 9.17) is 0 Å². The van der Waals surface area contributed by atoms with Crippen LogP contribution in [0.3, 0.4) is 0 Å². The van der Waals surface area contributed by atoms with Gasteiger partial charge in [-0.2, -0.15) is 0 Å². The van der Waals surface area contributed by atoms with Gasteiger partial charge in [0.2, 0.25) is 0 Å². The van der Waals surface area contributed by atoms with E-state index in [1.807, 2.05) is 33.8 Å². The molecular formula is C12H16O2. The number of rotatable bonds is 2. The van der Waals surface area contributed by atoms with E-state index in [0.717, 1.165) is 11.1 Å². The Kier molecular flexibility index (Phi) is 2.94. The number of benzene rings is 1. The summed E-state index contributed by atoms with van der Waals surface area (Å²) in [7, 11) is 0. The molecule has 0 radical (unpaired) electrons. The van der Waals surface area contributed by atoms with E-state index in [1.54, 1.807) is 6.07 Å². The van der Waals surface area contributed by atoms with Crippen molar-refractivity contribution < 1.29 is 9.90 Å². The normalized spacial score (nSPS) is 10.6. The highest BCUT2D eigenvalue weighted by Crippen LogP contribution is 2.23. The number of ketones is 1. The lowest BCUT2D eigenvalue weighted by atomic mass is 9.97. The largest absolute Gasteiger partial charge is 0.508 e. The molecule has 0 heterocycles. The monoisotopic (exact) mass is 192 g/mol. The molecule has 0 aliphatic carbocycles. The van der Waals surface area contributed by atoms with E-state index in [0.29, 0.717) is 5.56 Å². The third-order valence-electron chi connectivity index (χ3n) is 2.45. The first kappa shape index (κ1) is 10.8. The number of hydrogen-bond acceptors (Lipinski definition) is 2. The van der Waals surface area contributed by atoms with Gasteiger partial charge in [-0.1, -0.05) is 13.8 Å². The Labute approximate surface area is 84.6 Å². The van der Waals surface area contributed by atoms with E-state index in [2.05, 4.69) is 0 Å². The number of Topliss-reactive ketones (excluding diaryl/α,β-unsaturated/α-hetero) is 1. The van der Waals surface area contributed by atoms with Crippen LogP contribution in [0.1, 0.15) is 35.3 Å². The summed E-state index contributed by atoms with van der Waals surface area (Å²) in [6.45, 7) is 7.45. The Morgan fingerprint density at radius 2 is 1.86 bits per heavy atom. The summed E-state index contributed by atoms with van der Waals surface area (Å²) in [5.74, 6) is 0.244. The van der Waals surface area contributed by atoms with Crippen molar-refractivity contribution in [1.82, 2.24) is 0 Å². The molecule has 2 heteroatoms. The van der Waals surface area contributed by atoms with E-state index in [9.17, 15) is 9.90 Å². The fraction of sp³-hybridized carbons (Fsp3) is 0.417. The highest BCUT2D eigenvalue weighted by molar-refractivity contribution is 5.98. The van der Waals surface area contributed by atoms with Gasteiger partial charge in [0, 0.05) is 11.5 Å². The minimum Gasteiger partial charge on any atom is -0.508 e. The summed E-state index contributed by atoms with van der Waals surface area (Å²) < 4.78 is 0. The lowest BCUT2D eigenvalue weighted by Gasteiger charge is -2.08. The molecule has 0 saturated carbocycles. The number of hydrogen-bond donors (Lipinski definition) is 1. The van der Waals surface area contributed by atoms with Gasteiger partial charge in [-0.3, -0.25) is 4.79 Å². The predicted molar refractivity (Wildman–Crippen MR) is 56.7 cm³/mol. The molecule has 14 heavy (non-hydrogen) atoms. The van der Waals surface area contributed by atoms with Gasteiger partial charge >= 0.3 is 0 Å². The van der Waals surface area contributed by atoms with Crippen molar-refractivity contribution in [3.05, 3.63) is 28.8 Å². The van der Waals surface area contributed by atoms with Gasteiger partial charge in [0.1, 0.15) is 5.75 Å². The summed E-state index contributed by atoms with van der Waals surface area (Å²) in [5.41, 5.74) is 2.39. The summed E-state index contributed by atoms with van der Waals surface area (Å²) in [4.78, 5) is 11.6. The summed E-state index contributed by atoms with van der Waals surface area (Å²) in [6, 6.07) is 3.38. The molecule has 0 bridgehead atoms. The Balaban J connectivity index is 3.19. The number of aromatic hydroxyl groups is 1. The molecule has 0 aliphatic rings. The minimum atomic E-state index is -0.0310. The average molecular weight is 192 g/mol. The van der Waals surface area contributed by atoms with Gasteiger partial charge in [-0.15, -0.1) is 0 Å². The molecule has 1 rings (SSSR count). The van der Waals surface area contributed by atoms with Crippen LogP contribution in [0.2, 0.25) is 0 Å².